The summed E-state index contributed by atoms with van der Waals surface area (Å²) in [6.45, 7) is 5.53. The van der Waals surface area contributed by atoms with Crippen molar-refractivity contribution in [1.29, 1.82) is 0 Å². The Bertz CT molecular complexity index is 1170. The van der Waals surface area contributed by atoms with E-state index in [-0.39, 0.29) is 11.9 Å². The smallest absolute Gasteiger partial charge is 0.211 e. The first-order valence-corrected chi connectivity index (χ1v) is 11.4. The van der Waals surface area contributed by atoms with Gasteiger partial charge in [-0.2, -0.15) is 9.40 Å². The molecule has 11 heteroatoms. The van der Waals surface area contributed by atoms with Crippen LogP contribution >= 0.6 is 0 Å². The zero-order valence-electron chi connectivity index (χ0n) is 17.0. The van der Waals surface area contributed by atoms with Crippen LogP contribution in [0.2, 0.25) is 0 Å². The molecule has 1 aliphatic heterocycles. The molecule has 0 saturated carbocycles. The van der Waals surface area contributed by atoms with Gasteiger partial charge in [0.1, 0.15) is 17.8 Å². The van der Waals surface area contributed by atoms with Crippen LogP contribution in [0.4, 0.5) is 10.2 Å². The van der Waals surface area contributed by atoms with E-state index in [0.29, 0.717) is 54.3 Å². The van der Waals surface area contributed by atoms with Crippen LogP contribution in [0, 0.1) is 5.82 Å². The molecule has 0 unspecified atom stereocenters. The third-order valence-electron chi connectivity index (χ3n) is 4.90. The minimum Gasteiger partial charge on any atom is -0.488 e. The van der Waals surface area contributed by atoms with Gasteiger partial charge in [-0.1, -0.05) is 0 Å². The van der Waals surface area contributed by atoms with Crippen molar-refractivity contribution in [3.05, 3.63) is 30.3 Å². The van der Waals surface area contributed by atoms with Crippen molar-refractivity contribution < 1.29 is 17.5 Å². The van der Waals surface area contributed by atoms with Crippen molar-refractivity contribution in [1.82, 2.24) is 24.5 Å². The van der Waals surface area contributed by atoms with Crippen molar-refractivity contribution in [2.45, 2.75) is 20.0 Å². The molecule has 4 rings (SSSR count). The Morgan fingerprint density at radius 1 is 1.13 bits per heavy atom. The fourth-order valence-electron chi connectivity index (χ4n) is 3.46. The van der Waals surface area contributed by atoms with E-state index in [1.807, 2.05) is 18.7 Å². The van der Waals surface area contributed by atoms with E-state index in [1.165, 1.54) is 23.0 Å². The van der Waals surface area contributed by atoms with E-state index in [0.717, 1.165) is 0 Å². The van der Waals surface area contributed by atoms with Gasteiger partial charge in [-0.3, -0.25) is 5.10 Å². The molecule has 0 amide bonds. The standard InChI is InChI=1S/C19H23FN6O3S/c1-12(2)29-17-8-13-15(9-14(17)20)23-24-19(13)16-10-18(22-11-21-16)25-4-6-26(7-5-25)30(3,27)28/h8-12H,4-7H2,1-3H3,(H,23,24). The number of halogens is 1. The molecule has 30 heavy (non-hydrogen) atoms. The molecule has 160 valence electrons. The molecular formula is C19H23FN6O3S. The van der Waals surface area contributed by atoms with Gasteiger partial charge in [0.25, 0.3) is 0 Å². The summed E-state index contributed by atoms with van der Waals surface area (Å²) in [6.07, 6.45) is 2.50. The lowest BCUT2D eigenvalue weighted by Crippen LogP contribution is -2.48. The van der Waals surface area contributed by atoms with Crippen molar-refractivity contribution in [3.8, 4) is 17.1 Å². The van der Waals surface area contributed by atoms with Gasteiger partial charge in [-0.25, -0.2) is 22.8 Å². The Labute approximate surface area is 173 Å². The zero-order chi connectivity index (χ0) is 21.5. The molecule has 0 aliphatic carbocycles. The SMILES string of the molecule is CC(C)Oc1cc2c(-c3cc(N4CCN(S(C)(=O)=O)CC4)ncn3)n[nH]c2cc1F. The van der Waals surface area contributed by atoms with Gasteiger partial charge in [0.2, 0.25) is 10.0 Å². The fraction of sp³-hybridized carbons (Fsp3) is 0.421. The first-order valence-electron chi connectivity index (χ1n) is 9.59. The molecule has 1 aromatic carbocycles. The summed E-state index contributed by atoms with van der Waals surface area (Å²) in [6, 6.07) is 4.78. The Morgan fingerprint density at radius 2 is 1.87 bits per heavy atom. The van der Waals surface area contributed by atoms with Crippen LogP contribution in [-0.4, -0.2) is 71.4 Å². The Kier molecular flexibility index (Phi) is 5.33. The number of hydrogen-bond donors (Lipinski definition) is 1. The Hall–Kier alpha value is -2.79. The number of fused-ring (bicyclic) bond motifs is 1. The first kappa shape index (κ1) is 20.5. The number of sulfonamides is 1. The highest BCUT2D eigenvalue weighted by atomic mass is 32.2. The molecule has 3 heterocycles. The van der Waals surface area contributed by atoms with Crippen molar-refractivity contribution >= 4 is 26.7 Å². The number of benzene rings is 1. The molecule has 3 aromatic rings. The van der Waals surface area contributed by atoms with Gasteiger partial charge in [0, 0.05) is 43.7 Å². The highest BCUT2D eigenvalue weighted by Gasteiger charge is 2.24. The lowest BCUT2D eigenvalue weighted by Gasteiger charge is -2.33. The van der Waals surface area contributed by atoms with Crippen molar-refractivity contribution in [2.75, 3.05) is 37.3 Å². The summed E-state index contributed by atoms with van der Waals surface area (Å²) in [5.41, 5.74) is 1.69. The molecule has 1 N–H and O–H groups in total. The van der Waals surface area contributed by atoms with Crippen LogP contribution in [0.3, 0.4) is 0 Å². The molecule has 9 nitrogen and oxygen atoms in total. The maximum absolute atomic E-state index is 14.3. The number of H-pyrrole nitrogens is 1. The maximum Gasteiger partial charge on any atom is 0.211 e. The summed E-state index contributed by atoms with van der Waals surface area (Å²) < 4.78 is 44.7. The summed E-state index contributed by atoms with van der Waals surface area (Å²) in [4.78, 5) is 10.7. The summed E-state index contributed by atoms with van der Waals surface area (Å²) in [7, 11) is -3.20. The topological polar surface area (TPSA) is 104 Å². The number of rotatable bonds is 5. The molecule has 0 spiro atoms. The zero-order valence-corrected chi connectivity index (χ0v) is 17.8. The predicted molar refractivity (Wildman–Crippen MR) is 111 cm³/mol. The van der Waals surface area contributed by atoms with Crippen LogP contribution in [0.25, 0.3) is 22.3 Å². The van der Waals surface area contributed by atoms with Crippen LogP contribution in [-0.2, 0) is 10.0 Å². The third-order valence-corrected chi connectivity index (χ3v) is 6.21. The molecule has 1 fully saturated rings. The van der Waals surface area contributed by atoms with Crippen LogP contribution < -0.4 is 9.64 Å². The van der Waals surface area contributed by atoms with Crippen LogP contribution in [0.1, 0.15) is 13.8 Å². The molecular weight excluding hydrogens is 411 g/mol. The lowest BCUT2D eigenvalue weighted by atomic mass is 10.1. The monoisotopic (exact) mass is 434 g/mol. The number of nitrogens with one attached hydrogen (secondary N) is 1. The number of aromatic amines is 1. The molecule has 1 aliphatic rings. The molecule has 0 atom stereocenters. The van der Waals surface area contributed by atoms with Gasteiger partial charge in [-0.05, 0) is 19.9 Å². The Balaban J connectivity index is 1.64. The molecule has 0 bridgehead atoms. The second-order valence-corrected chi connectivity index (χ2v) is 9.46. The number of piperazine rings is 1. The van der Waals surface area contributed by atoms with E-state index in [1.54, 1.807) is 12.1 Å². The summed E-state index contributed by atoms with van der Waals surface area (Å²) in [5.74, 6) is 0.384. The largest absolute Gasteiger partial charge is 0.488 e. The normalized spacial score (nSPS) is 15.8. The van der Waals surface area contributed by atoms with E-state index in [4.69, 9.17) is 4.74 Å². The van der Waals surface area contributed by atoms with E-state index in [9.17, 15) is 12.8 Å². The molecule has 0 radical (unpaired) electrons. The number of nitrogens with zero attached hydrogens (tertiary/aromatic N) is 5. The van der Waals surface area contributed by atoms with Crippen LogP contribution in [0.15, 0.2) is 24.5 Å². The number of ether oxygens (including phenoxy) is 1. The van der Waals surface area contributed by atoms with Gasteiger partial charge < -0.3 is 9.64 Å². The number of hydrogen-bond acceptors (Lipinski definition) is 7. The highest BCUT2D eigenvalue weighted by Crippen LogP contribution is 2.31. The third kappa shape index (κ3) is 4.08. The lowest BCUT2D eigenvalue weighted by molar-refractivity contribution is 0.231. The van der Waals surface area contributed by atoms with E-state index in [2.05, 4.69) is 20.2 Å². The van der Waals surface area contributed by atoms with Gasteiger partial charge >= 0.3 is 0 Å². The maximum atomic E-state index is 14.3. The summed E-state index contributed by atoms with van der Waals surface area (Å²) in [5, 5.41) is 7.84. The average Bonchev–Trinajstić information content (AvgIpc) is 3.10. The highest BCUT2D eigenvalue weighted by molar-refractivity contribution is 7.88. The predicted octanol–water partition coefficient (Wildman–Crippen LogP) is 2.03. The fourth-order valence-corrected chi connectivity index (χ4v) is 4.28. The minimum absolute atomic E-state index is 0.159. The minimum atomic E-state index is -3.20. The van der Waals surface area contributed by atoms with Crippen molar-refractivity contribution in [2.24, 2.45) is 0 Å². The van der Waals surface area contributed by atoms with E-state index < -0.39 is 15.8 Å². The second kappa shape index (κ2) is 7.80. The van der Waals surface area contributed by atoms with Gasteiger partial charge in [0.05, 0.1) is 23.6 Å². The number of aromatic nitrogens is 4. The molecule has 1 saturated heterocycles. The number of anilines is 1. The van der Waals surface area contributed by atoms with Gasteiger partial charge in [0.15, 0.2) is 11.6 Å². The first-order chi connectivity index (χ1) is 14.2. The summed E-state index contributed by atoms with van der Waals surface area (Å²) >= 11 is 0. The second-order valence-electron chi connectivity index (χ2n) is 7.48. The molecule has 2 aromatic heterocycles. The van der Waals surface area contributed by atoms with Gasteiger partial charge in [-0.15, -0.1) is 0 Å². The van der Waals surface area contributed by atoms with Crippen LogP contribution in [0.5, 0.6) is 5.75 Å². The van der Waals surface area contributed by atoms with E-state index >= 15 is 0 Å². The van der Waals surface area contributed by atoms with Crippen molar-refractivity contribution in [3.63, 3.8) is 0 Å². The Morgan fingerprint density at radius 3 is 2.53 bits per heavy atom. The average molecular weight is 434 g/mol. The quantitative estimate of drug-likeness (QED) is 0.655.